The van der Waals surface area contributed by atoms with Gasteiger partial charge in [-0.1, -0.05) is 6.07 Å². The molecule has 0 saturated heterocycles. The highest BCUT2D eigenvalue weighted by Crippen LogP contribution is 2.25. The normalized spacial score (nSPS) is 11.5. The summed E-state index contributed by atoms with van der Waals surface area (Å²) in [5.41, 5.74) is 6.15. The smallest absolute Gasteiger partial charge is 0.412 e. The average Bonchev–Trinajstić information content (AvgIpc) is 2.91. The number of fused-ring (bicyclic) bond motifs is 1. The molecule has 0 unspecified atom stereocenters. The highest BCUT2D eigenvalue weighted by atomic mass is 19.1. The number of hydrogen-bond donors (Lipinski definition) is 2. The van der Waals surface area contributed by atoms with Crippen molar-refractivity contribution >= 4 is 23.2 Å². The van der Waals surface area contributed by atoms with Crippen LogP contribution in [0.25, 0.3) is 17.0 Å². The van der Waals surface area contributed by atoms with Crippen LogP contribution < -0.4 is 11.1 Å². The van der Waals surface area contributed by atoms with E-state index in [1.165, 1.54) is 12.3 Å². The van der Waals surface area contributed by atoms with Crippen molar-refractivity contribution in [3.8, 4) is 11.3 Å². The molecule has 0 aliphatic rings. The van der Waals surface area contributed by atoms with Gasteiger partial charge in [-0.05, 0) is 32.9 Å². The highest BCUT2D eigenvalue weighted by molar-refractivity contribution is 5.84. The molecule has 0 spiro atoms. The average molecular weight is 343 g/mol. The zero-order valence-electron chi connectivity index (χ0n) is 14.1. The quantitative estimate of drug-likeness (QED) is 0.695. The van der Waals surface area contributed by atoms with Gasteiger partial charge in [0, 0.05) is 18.0 Å². The minimum Gasteiger partial charge on any atom is -0.444 e. The Morgan fingerprint density at radius 1 is 1.32 bits per heavy atom. The van der Waals surface area contributed by atoms with Crippen LogP contribution in [-0.2, 0) is 4.74 Å². The van der Waals surface area contributed by atoms with E-state index >= 15 is 0 Å². The van der Waals surface area contributed by atoms with Crippen molar-refractivity contribution in [2.75, 3.05) is 11.1 Å². The zero-order chi connectivity index (χ0) is 18.2. The maximum absolute atomic E-state index is 14.2. The van der Waals surface area contributed by atoms with Crippen LogP contribution >= 0.6 is 0 Å². The first kappa shape index (κ1) is 16.7. The fourth-order valence-electron chi connectivity index (χ4n) is 2.25. The summed E-state index contributed by atoms with van der Waals surface area (Å²) in [4.78, 5) is 20.3. The molecule has 2 aromatic heterocycles. The molecular weight excluding hydrogens is 325 g/mol. The van der Waals surface area contributed by atoms with Gasteiger partial charge in [-0.15, -0.1) is 0 Å². The monoisotopic (exact) mass is 343 g/mol. The first-order chi connectivity index (χ1) is 11.7. The third-order valence-corrected chi connectivity index (χ3v) is 3.26. The number of ether oxygens (including phenoxy) is 1. The molecule has 0 radical (unpaired) electrons. The first-order valence-corrected chi connectivity index (χ1v) is 7.62. The lowest BCUT2D eigenvalue weighted by atomic mass is 10.1. The molecule has 0 saturated carbocycles. The van der Waals surface area contributed by atoms with Crippen molar-refractivity contribution < 1.29 is 13.9 Å². The fourth-order valence-corrected chi connectivity index (χ4v) is 2.25. The number of nitrogen functional groups attached to an aromatic ring is 1. The molecule has 3 rings (SSSR count). The van der Waals surface area contributed by atoms with Crippen molar-refractivity contribution in [3.63, 3.8) is 0 Å². The molecule has 0 bridgehead atoms. The molecular formula is C17H18FN5O2. The molecule has 0 aliphatic heterocycles. The van der Waals surface area contributed by atoms with Crippen LogP contribution in [-0.4, -0.2) is 26.1 Å². The van der Waals surface area contributed by atoms with Gasteiger partial charge in [0.25, 0.3) is 0 Å². The number of carbonyl (C=O) groups is 1. The van der Waals surface area contributed by atoms with Gasteiger partial charge < -0.3 is 10.5 Å². The van der Waals surface area contributed by atoms with E-state index in [2.05, 4.69) is 15.3 Å². The zero-order valence-corrected chi connectivity index (χ0v) is 14.1. The van der Waals surface area contributed by atoms with E-state index in [-0.39, 0.29) is 11.3 Å². The molecule has 8 heteroatoms. The van der Waals surface area contributed by atoms with Gasteiger partial charge in [-0.25, -0.2) is 19.2 Å². The summed E-state index contributed by atoms with van der Waals surface area (Å²) in [5, 5.41) is 2.59. The van der Waals surface area contributed by atoms with Crippen LogP contribution in [0.5, 0.6) is 0 Å². The van der Waals surface area contributed by atoms with Crippen LogP contribution in [0.15, 0.2) is 36.8 Å². The number of aromatic nitrogens is 3. The van der Waals surface area contributed by atoms with Gasteiger partial charge >= 0.3 is 6.09 Å². The summed E-state index contributed by atoms with van der Waals surface area (Å²) in [5.74, 6) is -0.162. The van der Waals surface area contributed by atoms with Crippen LogP contribution in [0, 0.1) is 5.82 Å². The van der Waals surface area contributed by atoms with E-state index in [1.54, 1.807) is 49.7 Å². The summed E-state index contributed by atoms with van der Waals surface area (Å²) in [7, 11) is 0. The number of halogens is 1. The Labute approximate surface area is 143 Å². The Morgan fingerprint density at radius 3 is 2.80 bits per heavy atom. The van der Waals surface area contributed by atoms with Crippen LogP contribution in [0.4, 0.5) is 20.6 Å². The number of hydrogen-bond acceptors (Lipinski definition) is 5. The molecule has 130 valence electrons. The molecule has 1 amide bonds. The molecule has 3 aromatic rings. The summed E-state index contributed by atoms with van der Waals surface area (Å²) in [6, 6.07) is 4.73. The minimum atomic E-state index is -0.603. The standard InChI is InChI=1S/C17H18FN5O2/c1-17(2,3)25-16(24)21-10-7-20-15-22-13(9-23(15)8-10)11-5-4-6-12(19)14(11)18/h4-9H,19H2,1-3H3,(H,21,24). The molecule has 7 nitrogen and oxygen atoms in total. The molecule has 3 N–H and O–H groups in total. The van der Waals surface area contributed by atoms with E-state index < -0.39 is 17.5 Å². The molecule has 25 heavy (non-hydrogen) atoms. The molecule has 0 fully saturated rings. The van der Waals surface area contributed by atoms with Gasteiger partial charge in [-0.2, -0.15) is 0 Å². The van der Waals surface area contributed by atoms with Crippen molar-refractivity contribution in [2.45, 2.75) is 26.4 Å². The van der Waals surface area contributed by atoms with Crippen LogP contribution in [0.1, 0.15) is 20.8 Å². The number of benzene rings is 1. The second-order valence-corrected chi connectivity index (χ2v) is 6.51. The lowest BCUT2D eigenvalue weighted by Crippen LogP contribution is -2.27. The van der Waals surface area contributed by atoms with E-state index in [1.807, 2.05) is 0 Å². The number of rotatable bonds is 2. The van der Waals surface area contributed by atoms with Gasteiger partial charge in [-0.3, -0.25) is 9.72 Å². The number of imidazole rings is 1. The Balaban J connectivity index is 1.89. The largest absolute Gasteiger partial charge is 0.444 e. The molecule has 1 aromatic carbocycles. The maximum atomic E-state index is 14.2. The summed E-state index contributed by atoms with van der Waals surface area (Å²) in [6.07, 6.45) is 4.09. The van der Waals surface area contributed by atoms with E-state index in [0.717, 1.165) is 0 Å². The second kappa shape index (κ2) is 6.04. The molecule has 0 atom stereocenters. The van der Waals surface area contributed by atoms with Gasteiger partial charge in [0.15, 0.2) is 5.82 Å². The van der Waals surface area contributed by atoms with Crippen molar-refractivity contribution in [1.82, 2.24) is 14.4 Å². The van der Waals surface area contributed by atoms with Crippen LogP contribution in [0.3, 0.4) is 0 Å². The third-order valence-electron chi connectivity index (χ3n) is 3.26. The molecule has 2 heterocycles. The Hall–Kier alpha value is -3.16. The maximum Gasteiger partial charge on any atom is 0.412 e. The van der Waals surface area contributed by atoms with Crippen molar-refractivity contribution in [1.29, 1.82) is 0 Å². The number of anilines is 2. The van der Waals surface area contributed by atoms with E-state index in [9.17, 15) is 9.18 Å². The van der Waals surface area contributed by atoms with Crippen LogP contribution in [0.2, 0.25) is 0 Å². The summed E-state index contributed by atoms with van der Waals surface area (Å²) >= 11 is 0. The molecule has 0 aliphatic carbocycles. The lowest BCUT2D eigenvalue weighted by Gasteiger charge is -2.19. The van der Waals surface area contributed by atoms with Gasteiger partial charge in [0.05, 0.1) is 23.3 Å². The predicted molar refractivity (Wildman–Crippen MR) is 92.7 cm³/mol. The van der Waals surface area contributed by atoms with Gasteiger partial charge in [0.1, 0.15) is 5.60 Å². The van der Waals surface area contributed by atoms with E-state index in [4.69, 9.17) is 10.5 Å². The number of carbonyl (C=O) groups excluding carboxylic acids is 1. The number of nitrogens with two attached hydrogens (primary N) is 1. The van der Waals surface area contributed by atoms with Gasteiger partial charge in [0.2, 0.25) is 5.78 Å². The minimum absolute atomic E-state index is 0.0507. The van der Waals surface area contributed by atoms with Crippen molar-refractivity contribution in [2.24, 2.45) is 0 Å². The first-order valence-electron chi connectivity index (χ1n) is 7.62. The fraction of sp³-hybridized carbons (Fsp3) is 0.235. The number of amides is 1. The topological polar surface area (TPSA) is 94.5 Å². The Morgan fingerprint density at radius 2 is 2.08 bits per heavy atom. The third kappa shape index (κ3) is 3.68. The summed E-state index contributed by atoms with van der Waals surface area (Å²) < 4.78 is 20.9. The Bertz CT molecular complexity index is 946. The summed E-state index contributed by atoms with van der Waals surface area (Å²) in [6.45, 7) is 5.32. The number of nitrogens with one attached hydrogen (secondary N) is 1. The highest BCUT2D eigenvalue weighted by Gasteiger charge is 2.17. The lowest BCUT2D eigenvalue weighted by molar-refractivity contribution is 0.0636. The number of nitrogens with zero attached hydrogens (tertiary/aromatic N) is 3. The second-order valence-electron chi connectivity index (χ2n) is 6.51. The van der Waals surface area contributed by atoms with E-state index in [0.29, 0.717) is 17.2 Å². The predicted octanol–water partition coefficient (Wildman–Crippen LogP) is 3.46. The Kier molecular flexibility index (Phi) is 4.03. The SMILES string of the molecule is CC(C)(C)OC(=O)Nc1cnc2nc(-c3cccc(N)c3F)cn2c1. The van der Waals surface area contributed by atoms with Crippen molar-refractivity contribution in [3.05, 3.63) is 42.6 Å².